The molecule has 3 nitrogen and oxygen atoms in total. The molecule has 0 radical (unpaired) electrons. The van der Waals surface area contributed by atoms with E-state index >= 15 is 0 Å². The van der Waals surface area contributed by atoms with Crippen molar-refractivity contribution < 1.29 is 4.74 Å². The monoisotopic (exact) mass is 276 g/mol. The molecular weight excluding hydrogens is 248 g/mol. The molecule has 1 aliphatic heterocycles. The van der Waals surface area contributed by atoms with Gasteiger partial charge in [0.1, 0.15) is 0 Å². The van der Waals surface area contributed by atoms with Gasteiger partial charge in [0, 0.05) is 37.2 Å². The summed E-state index contributed by atoms with van der Waals surface area (Å²) < 4.78 is 8.01. The van der Waals surface area contributed by atoms with E-state index in [9.17, 15) is 0 Å². The maximum Gasteiger partial charge on any atom is 0.0495 e. The van der Waals surface area contributed by atoms with E-state index in [0.717, 1.165) is 38.5 Å². The van der Waals surface area contributed by atoms with Crippen LogP contribution in [0.15, 0.2) is 6.07 Å². The number of rotatable bonds is 3. The zero-order valence-corrected chi connectivity index (χ0v) is 13.1. The lowest BCUT2D eigenvalue weighted by Gasteiger charge is -2.34. The molecule has 1 aromatic rings. The second-order valence-electron chi connectivity index (χ2n) is 7.51. The third-order valence-corrected chi connectivity index (χ3v) is 5.05. The molecular formula is C17H28N2O. The molecule has 0 saturated carbocycles. The smallest absolute Gasteiger partial charge is 0.0495 e. The van der Waals surface area contributed by atoms with Crippen LogP contribution in [-0.4, -0.2) is 17.8 Å². The number of aromatic nitrogens is 1. The van der Waals surface area contributed by atoms with Crippen LogP contribution in [-0.2, 0) is 17.7 Å². The van der Waals surface area contributed by atoms with Gasteiger partial charge >= 0.3 is 0 Å². The fourth-order valence-electron chi connectivity index (χ4n) is 3.94. The molecule has 2 heterocycles. The number of hydrogen-bond acceptors (Lipinski definition) is 2. The minimum atomic E-state index is 0.212. The van der Waals surface area contributed by atoms with Crippen molar-refractivity contribution in [2.24, 2.45) is 17.1 Å². The van der Waals surface area contributed by atoms with Crippen molar-refractivity contribution >= 4 is 0 Å². The molecule has 1 aromatic heterocycles. The Morgan fingerprint density at radius 2 is 2.25 bits per heavy atom. The van der Waals surface area contributed by atoms with Crippen LogP contribution in [0, 0.1) is 18.3 Å². The summed E-state index contributed by atoms with van der Waals surface area (Å²) in [6, 6.07) is 2.53. The van der Waals surface area contributed by atoms with Gasteiger partial charge in [0.25, 0.3) is 0 Å². The molecule has 1 fully saturated rings. The van der Waals surface area contributed by atoms with Gasteiger partial charge < -0.3 is 15.0 Å². The summed E-state index contributed by atoms with van der Waals surface area (Å²) in [5.74, 6) is 0.748. The van der Waals surface area contributed by atoms with E-state index in [-0.39, 0.29) is 6.04 Å². The van der Waals surface area contributed by atoms with Gasteiger partial charge in [0.15, 0.2) is 0 Å². The quantitative estimate of drug-likeness (QED) is 0.921. The minimum Gasteiger partial charge on any atom is -0.381 e. The first-order chi connectivity index (χ1) is 9.46. The van der Waals surface area contributed by atoms with Gasteiger partial charge in [0.2, 0.25) is 0 Å². The first-order valence-corrected chi connectivity index (χ1v) is 7.98. The first-order valence-electron chi connectivity index (χ1n) is 7.98. The van der Waals surface area contributed by atoms with E-state index in [0.29, 0.717) is 5.41 Å². The van der Waals surface area contributed by atoms with Crippen LogP contribution in [0.1, 0.15) is 56.1 Å². The summed E-state index contributed by atoms with van der Waals surface area (Å²) >= 11 is 0. The molecule has 0 aromatic carbocycles. The summed E-state index contributed by atoms with van der Waals surface area (Å²) in [6.07, 6.45) is 4.72. The van der Waals surface area contributed by atoms with Crippen LogP contribution in [0.5, 0.6) is 0 Å². The average Bonchev–Trinajstić information content (AvgIpc) is 2.94. The number of ether oxygens (including phenoxy) is 1. The molecule has 0 spiro atoms. The van der Waals surface area contributed by atoms with E-state index in [4.69, 9.17) is 10.5 Å². The van der Waals surface area contributed by atoms with Crippen molar-refractivity contribution in [1.29, 1.82) is 0 Å². The number of hydrogen-bond donors (Lipinski definition) is 1. The Morgan fingerprint density at radius 3 is 2.95 bits per heavy atom. The van der Waals surface area contributed by atoms with Gasteiger partial charge in [-0.15, -0.1) is 0 Å². The van der Waals surface area contributed by atoms with Crippen molar-refractivity contribution in [3.8, 4) is 0 Å². The Kier molecular flexibility index (Phi) is 3.67. The topological polar surface area (TPSA) is 40.2 Å². The molecule has 2 aliphatic rings. The van der Waals surface area contributed by atoms with E-state index in [1.54, 1.807) is 0 Å². The van der Waals surface area contributed by atoms with Gasteiger partial charge in [-0.25, -0.2) is 0 Å². The summed E-state index contributed by atoms with van der Waals surface area (Å²) in [7, 11) is 0. The van der Waals surface area contributed by atoms with Crippen LogP contribution in [0.4, 0.5) is 0 Å². The van der Waals surface area contributed by atoms with E-state index in [1.807, 2.05) is 0 Å². The highest BCUT2D eigenvalue weighted by Gasteiger charge is 2.33. The maximum absolute atomic E-state index is 6.39. The lowest BCUT2D eigenvalue weighted by Crippen LogP contribution is -2.30. The Bertz CT molecular complexity index is 483. The molecule has 3 heteroatoms. The first kappa shape index (κ1) is 14.2. The Hall–Kier alpha value is -0.800. The molecule has 2 atom stereocenters. The number of aryl methyl sites for hydroxylation is 1. The molecule has 3 rings (SSSR count). The lowest BCUT2D eigenvalue weighted by molar-refractivity contribution is 0.183. The molecule has 2 N–H and O–H groups in total. The number of nitrogens with two attached hydrogens (primary N) is 1. The summed E-state index contributed by atoms with van der Waals surface area (Å²) in [6.45, 7) is 9.93. The largest absolute Gasteiger partial charge is 0.381 e. The van der Waals surface area contributed by atoms with Crippen molar-refractivity contribution in [3.05, 3.63) is 23.0 Å². The maximum atomic E-state index is 6.39. The Labute approximate surface area is 122 Å². The Morgan fingerprint density at radius 1 is 1.45 bits per heavy atom. The van der Waals surface area contributed by atoms with Crippen LogP contribution in [0.3, 0.4) is 0 Å². The third-order valence-electron chi connectivity index (χ3n) is 5.05. The normalized spacial score (nSPS) is 28.6. The van der Waals surface area contributed by atoms with E-state index in [2.05, 4.69) is 31.4 Å². The summed E-state index contributed by atoms with van der Waals surface area (Å²) in [5.41, 5.74) is 11.0. The number of nitrogens with zero attached hydrogens (tertiary/aromatic N) is 1. The van der Waals surface area contributed by atoms with E-state index < -0.39 is 0 Å². The molecule has 1 saturated heterocycles. The zero-order valence-electron chi connectivity index (χ0n) is 13.1. The minimum absolute atomic E-state index is 0.212. The lowest BCUT2D eigenvalue weighted by atomic mass is 9.74. The second-order valence-corrected chi connectivity index (χ2v) is 7.51. The van der Waals surface area contributed by atoms with Gasteiger partial charge in [-0.1, -0.05) is 13.8 Å². The average molecular weight is 276 g/mol. The summed E-state index contributed by atoms with van der Waals surface area (Å²) in [4.78, 5) is 0. The molecule has 20 heavy (non-hydrogen) atoms. The highest BCUT2D eigenvalue weighted by molar-refractivity contribution is 5.34. The third kappa shape index (κ3) is 2.66. The fourth-order valence-corrected chi connectivity index (χ4v) is 3.94. The highest BCUT2D eigenvalue weighted by Crippen LogP contribution is 2.41. The Balaban J connectivity index is 1.80. The van der Waals surface area contributed by atoms with Gasteiger partial charge in [-0.2, -0.15) is 0 Å². The highest BCUT2D eigenvalue weighted by atomic mass is 16.5. The zero-order chi connectivity index (χ0) is 14.3. The predicted molar refractivity (Wildman–Crippen MR) is 81.7 cm³/mol. The molecule has 0 bridgehead atoms. The molecule has 2 unspecified atom stereocenters. The van der Waals surface area contributed by atoms with Crippen LogP contribution < -0.4 is 5.73 Å². The summed E-state index contributed by atoms with van der Waals surface area (Å²) in [5, 5.41) is 0. The van der Waals surface area contributed by atoms with Crippen molar-refractivity contribution in [1.82, 2.24) is 4.57 Å². The molecule has 112 valence electrons. The SMILES string of the molecule is Cc1cc2c(n1CCC1CCOC1)CC(C)(C)CC2N. The van der Waals surface area contributed by atoms with Gasteiger partial charge in [-0.3, -0.25) is 0 Å². The van der Waals surface area contributed by atoms with Crippen molar-refractivity contribution in [2.75, 3.05) is 13.2 Å². The van der Waals surface area contributed by atoms with Crippen LogP contribution >= 0.6 is 0 Å². The van der Waals surface area contributed by atoms with Gasteiger partial charge in [0.05, 0.1) is 0 Å². The van der Waals surface area contributed by atoms with Crippen molar-refractivity contribution in [2.45, 2.75) is 59.0 Å². The molecule has 0 amide bonds. The van der Waals surface area contributed by atoms with Crippen LogP contribution in [0.2, 0.25) is 0 Å². The fraction of sp³-hybridized carbons (Fsp3) is 0.765. The van der Waals surface area contributed by atoms with Crippen molar-refractivity contribution in [3.63, 3.8) is 0 Å². The predicted octanol–water partition coefficient (Wildman–Crippen LogP) is 3.20. The van der Waals surface area contributed by atoms with E-state index in [1.165, 1.54) is 29.8 Å². The van der Waals surface area contributed by atoms with Gasteiger partial charge in [-0.05, 0) is 55.6 Å². The molecule has 1 aliphatic carbocycles. The number of fused-ring (bicyclic) bond motifs is 1. The van der Waals surface area contributed by atoms with Crippen LogP contribution in [0.25, 0.3) is 0 Å². The standard InChI is InChI=1S/C17H28N2O/c1-12-8-14-15(18)9-17(2,3)10-16(14)19(12)6-4-13-5-7-20-11-13/h8,13,15H,4-7,9-11,18H2,1-3H3. The second kappa shape index (κ2) is 5.19.